The van der Waals surface area contributed by atoms with Crippen LogP contribution in [0.15, 0.2) is 72.8 Å². The molecule has 138 valence electrons. The molecule has 4 rings (SSSR count). The van der Waals surface area contributed by atoms with Crippen molar-refractivity contribution in [1.82, 2.24) is 0 Å². The van der Waals surface area contributed by atoms with E-state index in [0.717, 1.165) is 23.4 Å². The SMILES string of the molecule is COc1ccc(CSC2c3ccccc3-c3ccccc3N2CCBr)cc1. The molecule has 1 aliphatic heterocycles. The van der Waals surface area contributed by atoms with Crippen LogP contribution in [0.25, 0.3) is 11.1 Å². The van der Waals surface area contributed by atoms with Gasteiger partial charge in [0.2, 0.25) is 0 Å². The molecule has 0 aromatic heterocycles. The van der Waals surface area contributed by atoms with Crippen LogP contribution in [-0.4, -0.2) is 19.0 Å². The molecule has 3 aromatic rings. The molecule has 2 nitrogen and oxygen atoms in total. The monoisotopic (exact) mass is 439 g/mol. The van der Waals surface area contributed by atoms with E-state index in [-0.39, 0.29) is 0 Å². The zero-order valence-corrected chi connectivity index (χ0v) is 17.7. The number of fused-ring (bicyclic) bond motifs is 3. The van der Waals surface area contributed by atoms with Gasteiger partial charge in [0.15, 0.2) is 0 Å². The van der Waals surface area contributed by atoms with Crippen molar-refractivity contribution in [1.29, 1.82) is 0 Å². The van der Waals surface area contributed by atoms with E-state index in [1.165, 1.54) is 27.9 Å². The molecule has 0 amide bonds. The number of halogens is 1. The predicted octanol–water partition coefficient (Wildman–Crippen LogP) is 6.51. The Morgan fingerprint density at radius 2 is 1.63 bits per heavy atom. The molecule has 0 N–H and O–H groups in total. The number of alkyl halides is 1. The van der Waals surface area contributed by atoms with E-state index >= 15 is 0 Å². The Hall–Kier alpha value is -1.91. The first kappa shape index (κ1) is 18.5. The predicted molar refractivity (Wildman–Crippen MR) is 120 cm³/mol. The van der Waals surface area contributed by atoms with Gasteiger partial charge in [-0.1, -0.05) is 70.5 Å². The van der Waals surface area contributed by atoms with E-state index in [1.54, 1.807) is 7.11 Å². The van der Waals surface area contributed by atoms with Crippen LogP contribution in [-0.2, 0) is 5.75 Å². The van der Waals surface area contributed by atoms with Gasteiger partial charge >= 0.3 is 0 Å². The van der Waals surface area contributed by atoms with Gasteiger partial charge in [-0.2, -0.15) is 0 Å². The first-order valence-corrected chi connectivity index (χ1v) is 11.2. The molecule has 1 aliphatic rings. The van der Waals surface area contributed by atoms with E-state index in [2.05, 4.69) is 81.5 Å². The number of hydrogen-bond donors (Lipinski definition) is 0. The Labute approximate surface area is 173 Å². The van der Waals surface area contributed by atoms with E-state index in [0.29, 0.717) is 5.37 Å². The summed E-state index contributed by atoms with van der Waals surface area (Å²) in [5.74, 6) is 1.87. The number of thioether (sulfide) groups is 1. The average molecular weight is 440 g/mol. The van der Waals surface area contributed by atoms with E-state index < -0.39 is 0 Å². The van der Waals surface area contributed by atoms with Crippen molar-refractivity contribution in [3.63, 3.8) is 0 Å². The van der Waals surface area contributed by atoms with Gasteiger partial charge in [-0.05, 0) is 34.9 Å². The smallest absolute Gasteiger partial charge is 0.118 e. The van der Waals surface area contributed by atoms with Crippen LogP contribution in [0.2, 0.25) is 0 Å². The number of methoxy groups -OCH3 is 1. The second kappa shape index (κ2) is 8.41. The molecule has 0 saturated heterocycles. The summed E-state index contributed by atoms with van der Waals surface area (Å²) in [5.41, 5.74) is 6.72. The number of anilines is 1. The second-order valence-corrected chi connectivity index (χ2v) is 8.36. The zero-order valence-electron chi connectivity index (χ0n) is 15.3. The lowest BCUT2D eigenvalue weighted by atomic mass is 9.93. The highest BCUT2D eigenvalue weighted by atomic mass is 79.9. The molecule has 0 radical (unpaired) electrons. The minimum atomic E-state index is 0.302. The van der Waals surface area contributed by atoms with Gasteiger partial charge in [0.05, 0.1) is 7.11 Å². The number of para-hydroxylation sites is 1. The third-order valence-corrected chi connectivity index (χ3v) is 6.58. The van der Waals surface area contributed by atoms with Gasteiger partial charge in [0, 0.05) is 28.9 Å². The van der Waals surface area contributed by atoms with Crippen molar-refractivity contribution < 1.29 is 4.74 Å². The molecule has 0 spiro atoms. The summed E-state index contributed by atoms with van der Waals surface area (Å²) in [6, 6.07) is 26.0. The fourth-order valence-electron chi connectivity index (χ4n) is 3.61. The Morgan fingerprint density at radius 1 is 0.926 bits per heavy atom. The van der Waals surface area contributed by atoms with Crippen LogP contribution in [0, 0.1) is 0 Å². The molecule has 3 aromatic carbocycles. The maximum Gasteiger partial charge on any atom is 0.118 e. The van der Waals surface area contributed by atoms with Crippen molar-refractivity contribution in [3.05, 3.63) is 83.9 Å². The highest BCUT2D eigenvalue weighted by molar-refractivity contribution is 9.09. The Morgan fingerprint density at radius 3 is 2.37 bits per heavy atom. The summed E-state index contributed by atoms with van der Waals surface area (Å²) >= 11 is 5.63. The molecular weight excluding hydrogens is 418 g/mol. The van der Waals surface area contributed by atoms with Gasteiger partial charge in [-0.3, -0.25) is 0 Å². The Kier molecular flexibility index (Phi) is 5.74. The summed E-state index contributed by atoms with van der Waals surface area (Å²) in [5, 5.41) is 1.25. The van der Waals surface area contributed by atoms with Crippen molar-refractivity contribution in [2.24, 2.45) is 0 Å². The molecular formula is C23H22BrNOS. The molecule has 0 saturated carbocycles. The highest BCUT2D eigenvalue weighted by Crippen LogP contribution is 2.49. The normalized spacial score (nSPS) is 15.2. The standard InChI is InChI=1S/C23H22BrNOS/c1-26-18-12-10-17(11-13-18)16-27-23-21-8-3-2-6-19(21)20-7-4-5-9-22(20)25(23)15-14-24/h2-13,23H,14-16H2,1H3. The minimum Gasteiger partial charge on any atom is -0.497 e. The third kappa shape index (κ3) is 3.74. The molecule has 0 bridgehead atoms. The summed E-state index contributed by atoms with van der Waals surface area (Å²) in [6.07, 6.45) is 0. The molecule has 0 fully saturated rings. The first-order valence-electron chi connectivity index (χ1n) is 9.07. The van der Waals surface area contributed by atoms with Crippen molar-refractivity contribution in [2.75, 3.05) is 23.9 Å². The van der Waals surface area contributed by atoms with Crippen LogP contribution in [0.1, 0.15) is 16.5 Å². The molecule has 0 aliphatic carbocycles. The number of rotatable bonds is 6. The van der Waals surface area contributed by atoms with Crippen LogP contribution in [0.4, 0.5) is 5.69 Å². The fourth-order valence-corrected chi connectivity index (χ4v) is 5.32. The van der Waals surface area contributed by atoms with Crippen molar-refractivity contribution >= 4 is 33.4 Å². The first-order chi connectivity index (χ1) is 13.3. The van der Waals surface area contributed by atoms with E-state index in [1.807, 2.05) is 23.9 Å². The molecule has 1 atom stereocenters. The summed E-state index contributed by atoms with van der Waals surface area (Å²) in [4.78, 5) is 2.53. The minimum absolute atomic E-state index is 0.302. The van der Waals surface area contributed by atoms with Crippen LogP contribution in [0.3, 0.4) is 0 Å². The molecule has 1 unspecified atom stereocenters. The van der Waals surface area contributed by atoms with Gasteiger partial charge < -0.3 is 9.64 Å². The number of nitrogens with zero attached hydrogens (tertiary/aromatic N) is 1. The number of ether oxygens (including phenoxy) is 1. The summed E-state index contributed by atoms with van der Waals surface area (Å²) in [6.45, 7) is 0.978. The van der Waals surface area contributed by atoms with Crippen molar-refractivity contribution in [3.8, 4) is 16.9 Å². The Balaban J connectivity index is 1.67. The Bertz CT molecular complexity index is 912. The van der Waals surface area contributed by atoms with E-state index in [9.17, 15) is 0 Å². The lowest BCUT2D eigenvalue weighted by Crippen LogP contribution is -2.32. The topological polar surface area (TPSA) is 12.5 Å². The molecule has 4 heteroatoms. The zero-order chi connectivity index (χ0) is 18.6. The maximum atomic E-state index is 5.28. The average Bonchev–Trinajstić information content (AvgIpc) is 2.74. The van der Waals surface area contributed by atoms with Crippen LogP contribution >= 0.6 is 27.7 Å². The van der Waals surface area contributed by atoms with Crippen LogP contribution in [0.5, 0.6) is 5.75 Å². The maximum absolute atomic E-state index is 5.28. The number of benzene rings is 3. The largest absolute Gasteiger partial charge is 0.497 e. The summed E-state index contributed by atoms with van der Waals surface area (Å²) < 4.78 is 5.28. The van der Waals surface area contributed by atoms with E-state index in [4.69, 9.17) is 4.74 Å². The van der Waals surface area contributed by atoms with Gasteiger partial charge in [0.25, 0.3) is 0 Å². The summed E-state index contributed by atoms with van der Waals surface area (Å²) in [7, 11) is 1.71. The molecule has 1 heterocycles. The third-order valence-electron chi connectivity index (χ3n) is 4.91. The quantitative estimate of drug-likeness (QED) is 0.406. The molecule has 27 heavy (non-hydrogen) atoms. The van der Waals surface area contributed by atoms with Gasteiger partial charge in [0.1, 0.15) is 11.1 Å². The number of hydrogen-bond acceptors (Lipinski definition) is 3. The van der Waals surface area contributed by atoms with Gasteiger partial charge in [-0.25, -0.2) is 0 Å². The highest BCUT2D eigenvalue weighted by Gasteiger charge is 2.30. The van der Waals surface area contributed by atoms with Crippen LogP contribution < -0.4 is 9.64 Å². The van der Waals surface area contributed by atoms with Crippen molar-refractivity contribution in [2.45, 2.75) is 11.1 Å². The lowest BCUT2D eigenvalue weighted by Gasteiger charge is -2.39. The fraction of sp³-hybridized carbons (Fsp3) is 0.217. The second-order valence-electron chi connectivity index (χ2n) is 6.50. The lowest BCUT2D eigenvalue weighted by molar-refractivity contribution is 0.414. The van der Waals surface area contributed by atoms with Gasteiger partial charge in [-0.15, -0.1) is 11.8 Å².